The molecular weight excluding hydrogens is 222 g/mol. The summed E-state index contributed by atoms with van der Waals surface area (Å²) in [7, 11) is 3.50. The van der Waals surface area contributed by atoms with E-state index < -0.39 is 6.10 Å². The highest BCUT2D eigenvalue weighted by molar-refractivity contribution is 5.20. The number of morpholine rings is 1. The monoisotopic (exact) mass is 239 g/mol. The third-order valence-corrected chi connectivity index (χ3v) is 2.81. The Morgan fingerprint density at radius 2 is 2.29 bits per heavy atom. The summed E-state index contributed by atoms with van der Waals surface area (Å²) < 4.78 is 10.6. The first-order valence-electron chi connectivity index (χ1n) is 5.55. The van der Waals surface area contributed by atoms with E-state index in [0.29, 0.717) is 24.7 Å². The molecule has 0 spiro atoms. The number of aromatic nitrogens is 2. The Kier molecular flexibility index (Phi) is 3.88. The van der Waals surface area contributed by atoms with Crippen LogP contribution in [0.4, 0.5) is 0 Å². The van der Waals surface area contributed by atoms with E-state index in [4.69, 9.17) is 9.47 Å². The Balaban J connectivity index is 2.15. The number of hydrogen-bond acceptors (Lipinski definition) is 6. The van der Waals surface area contributed by atoms with Crippen molar-refractivity contribution in [3.05, 3.63) is 18.1 Å². The van der Waals surface area contributed by atoms with Crippen molar-refractivity contribution in [2.75, 3.05) is 33.9 Å². The summed E-state index contributed by atoms with van der Waals surface area (Å²) in [6, 6.07) is 0. The van der Waals surface area contributed by atoms with E-state index >= 15 is 0 Å². The van der Waals surface area contributed by atoms with Crippen LogP contribution in [0.5, 0.6) is 5.88 Å². The molecule has 0 bridgehead atoms. The number of methoxy groups -OCH3 is 1. The van der Waals surface area contributed by atoms with Crippen molar-refractivity contribution >= 4 is 0 Å². The molecule has 2 atom stereocenters. The number of hydrogen-bond donors (Lipinski definition) is 1. The molecule has 1 aliphatic heterocycles. The van der Waals surface area contributed by atoms with Crippen LogP contribution < -0.4 is 4.74 Å². The molecule has 2 unspecified atom stereocenters. The SMILES string of the molecule is COc1nccnc1C(O)C1CN(C)CCO1. The topological polar surface area (TPSA) is 67.7 Å². The van der Waals surface area contributed by atoms with Crippen molar-refractivity contribution < 1.29 is 14.6 Å². The van der Waals surface area contributed by atoms with Crippen molar-refractivity contribution in [2.45, 2.75) is 12.2 Å². The fourth-order valence-electron chi connectivity index (χ4n) is 1.87. The molecule has 1 fully saturated rings. The molecule has 1 N–H and O–H groups in total. The summed E-state index contributed by atoms with van der Waals surface area (Å²) >= 11 is 0. The summed E-state index contributed by atoms with van der Waals surface area (Å²) in [6.07, 6.45) is 1.96. The maximum Gasteiger partial charge on any atom is 0.238 e. The summed E-state index contributed by atoms with van der Waals surface area (Å²) in [5.74, 6) is 0.344. The van der Waals surface area contributed by atoms with Gasteiger partial charge in [0.15, 0.2) is 0 Å². The lowest BCUT2D eigenvalue weighted by molar-refractivity contribution is -0.0864. The second-order valence-corrected chi connectivity index (χ2v) is 4.07. The Bertz CT molecular complexity index is 375. The second-order valence-electron chi connectivity index (χ2n) is 4.07. The second kappa shape index (κ2) is 5.39. The van der Waals surface area contributed by atoms with Crippen LogP contribution in [0.25, 0.3) is 0 Å². The molecule has 0 saturated carbocycles. The molecule has 6 nitrogen and oxygen atoms in total. The van der Waals surface area contributed by atoms with E-state index in [0.717, 1.165) is 6.54 Å². The Hall–Kier alpha value is -1.24. The standard InChI is InChI=1S/C11H17N3O3/c1-14-5-6-17-8(7-14)10(15)9-11(16-2)13-4-3-12-9/h3-4,8,10,15H,5-7H2,1-2H3. The lowest BCUT2D eigenvalue weighted by Crippen LogP contribution is -2.43. The van der Waals surface area contributed by atoms with Crippen LogP contribution in [0, 0.1) is 0 Å². The lowest BCUT2D eigenvalue weighted by atomic mass is 10.1. The summed E-state index contributed by atoms with van der Waals surface area (Å²) in [5, 5.41) is 10.2. The molecule has 1 saturated heterocycles. The Morgan fingerprint density at radius 3 is 3.00 bits per heavy atom. The van der Waals surface area contributed by atoms with Gasteiger partial charge in [-0.1, -0.05) is 0 Å². The minimum atomic E-state index is -0.818. The van der Waals surface area contributed by atoms with Crippen LogP contribution >= 0.6 is 0 Å². The van der Waals surface area contributed by atoms with Crippen LogP contribution in [-0.4, -0.2) is 59.9 Å². The molecule has 17 heavy (non-hydrogen) atoms. The predicted molar refractivity (Wildman–Crippen MR) is 60.8 cm³/mol. The zero-order chi connectivity index (χ0) is 12.3. The largest absolute Gasteiger partial charge is 0.480 e. The van der Waals surface area contributed by atoms with E-state index in [2.05, 4.69) is 14.9 Å². The van der Waals surface area contributed by atoms with Gasteiger partial charge < -0.3 is 19.5 Å². The first kappa shape index (κ1) is 12.2. The summed E-state index contributed by atoms with van der Waals surface area (Å²) in [4.78, 5) is 10.2. The molecule has 94 valence electrons. The summed E-state index contributed by atoms with van der Waals surface area (Å²) in [5.41, 5.74) is 0.426. The van der Waals surface area contributed by atoms with Crippen molar-refractivity contribution in [1.29, 1.82) is 0 Å². The molecule has 1 aromatic rings. The summed E-state index contributed by atoms with van der Waals surface area (Å²) in [6.45, 7) is 2.16. The minimum Gasteiger partial charge on any atom is -0.480 e. The maximum absolute atomic E-state index is 10.2. The van der Waals surface area contributed by atoms with Gasteiger partial charge in [0.25, 0.3) is 0 Å². The number of nitrogens with zero attached hydrogens (tertiary/aromatic N) is 3. The Labute approximate surface area is 100 Å². The maximum atomic E-state index is 10.2. The number of likely N-dealkylation sites (N-methyl/N-ethyl adjacent to an activating group) is 1. The lowest BCUT2D eigenvalue weighted by Gasteiger charge is -2.32. The van der Waals surface area contributed by atoms with Crippen molar-refractivity contribution in [3.8, 4) is 5.88 Å². The van der Waals surface area contributed by atoms with E-state index in [1.807, 2.05) is 7.05 Å². The van der Waals surface area contributed by atoms with Gasteiger partial charge in [-0.3, -0.25) is 4.98 Å². The highest BCUT2D eigenvalue weighted by atomic mass is 16.5. The van der Waals surface area contributed by atoms with Crippen LogP contribution in [0.1, 0.15) is 11.8 Å². The van der Waals surface area contributed by atoms with Gasteiger partial charge in [0.05, 0.1) is 13.7 Å². The van der Waals surface area contributed by atoms with Gasteiger partial charge in [0.1, 0.15) is 17.9 Å². The fraction of sp³-hybridized carbons (Fsp3) is 0.636. The molecule has 0 radical (unpaired) electrons. The third-order valence-electron chi connectivity index (χ3n) is 2.81. The first-order chi connectivity index (χ1) is 8.22. The van der Waals surface area contributed by atoms with Gasteiger partial charge in [-0.2, -0.15) is 0 Å². The van der Waals surface area contributed by atoms with Gasteiger partial charge >= 0.3 is 0 Å². The average molecular weight is 239 g/mol. The molecule has 6 heteroatoms. The molecule has 1 aliphatic rings. The molecular formula is C11H17N3O3. The molecule has 0 aromatic carbocycles. The van der Waals surface area contributed by atoms with Crippen LogP contribution in [-0.2, 0) is 4.74 Å². The van der Waals surface area contributed by atoms with E-state index in [1.165, 1.54) is 19.5 Å². The molecule has 0 aliphatic carbocycles. The van der Waals surface area contributed by atoms with E-state index in [9.17, 15) is 5.11 Å². The van der Waals surface area contributed by atoms with E-state index in [1.54, 1.807) is 0 Å². The first-order valence-corrected chi connectivity index (χ1v) is 5.55. The molecule has 2 heterocycles. The average Bonchev–Trinajstić information content (AvgIpc) is 2.38. The molecule has 2 rings (SSSR count). The van der Waals surface area contributed by atoms with Crippen LogP contribution in [0.2, 0.25) is 0 Å². The highest BCUT2D eigenvalue weighted by Crippen LogP contribution is 2.25. The van der Waals surface area contributed by atoms with E-state index in [-0.39, 0.29) is 6.10 Å². The van der Waals surface area contributed by atoms with Crippen LogP contribution in [0.3, 0.4) is 0 Å². The Morgan fingerprint density at radius 1 is 1.53 bits per heavy atom. The molecule has 0 amide bonds. The zero-order valence-electron chi connectivity index (χ0n) is 10.0. The number of aliphatic hydroxyl groups is 1. The number of ether oxygens (including phenoxy) is 2. The van der Waals surface area contributed by atoms with Gasteiger partial charge in [0.2, 0.25) is 5.88 Å². The fourth-order valence-corrected chi connectivity index (χ4v) is 1.87. The predicted octanol–water partition coefficient (Wildman–Crippen LogP) is -0.151. The van der Waals surface area contributed by atoms with Crippen LogP contribution in [0.15, 0.2) is 12.4 Å². The van der Waals surface area contributed by atoms with Crippen molar-refractivity contribution in [3.63, 3.8) is 0 Å². The van der Waals surface area contributed by atoms with Gasteiger partial charge in [-0.25, -0.2) is 4.98 Å². The minimum absolute atomic E-state index is 0.292. The molecule has 1 aromatic heterocycles. The highest BCUT2D eigenvalue weighted by Gasteiger charge is 2.29. The zero-order valence-corrected chi connectivity index (χ0v) is 10.0. The third kappa shape index (κ3) is 2.71. The van der Waals surface area contributed by atoms with Gasteiger partial charge in [-0.05, 0) is 7.05 Å². The smallest absolute Gasteiger partial charge is 0.238 e. The number of aliphatic hydroxyl groups excluding tert-OH is 1. The normalized spacial score (nSPS) is 23.4. The quantitative estimate of drug-likeness (QED) is 0.791. The van der Waals surface area contributed by atoms with Crippen molar-refractivity contribution in [2.24, 2.45) is 0 Å². The van der Waals surface area contributed by atoms with Gasteiger partial charge in [0, 0.05) is 25.5 Å². The van der Waals surface area contributed by atoms with Gasteiger partial charge in [-0.15, -0.1) is 0 Å². The van der Waals surface area contributed by atoms with Crippen molar-refractivity contribution in [1.82, 2.24) is 14.9 Å². The number of rotatable bonds is 3.